The predicted octanol–water partition coefficient (Wildman–Crippen LogP) is 4.44. The number of amides is 2. The van der Waals surface area contributed by atoms with Gasteiger partial charge in [-0.2, -0.15) is 0 Å². The molecule has 0 bridgehead atoms. The minimum Gasteiger partial charge on any atom is -0.355 e. The van der Waals surface area contributed by atoms with Crippen LogP contribution in [0.3, 0.4) is 0 Å². The van der Waals surface area contributed by atoms with Gasteiger partial charge in [0, 0.05) is 13.6 Å². The van der Waals surface area contributed by atoms with Gasteiger partial charge < -0.3 is 15.2 Å². The van der Waals surface area contributed by atoms with Crippen LogP contribution in [0.1, 0.15) is 48.1 Å². The average Bonchev–Trinajstić information content (AvgIpc) is 3.18. The summed E-state index contributed by atoms with van der Waals surface area (Å²) < 4.78 is 1.84. The Morgan fingerprint density at radius 2 is 1.76 bits per heavy atom. The molecule has 180 valence electrons. The molecule has 0 aliphatic rings. The van der Waals surface area contributed by atoms with Crippen molar-refractivity contribution in [1.82, 2.24) is 25.4 Å². The van der Waals surface area contributed by atoms with Gasteiger partial charge in [0.25, 0.3) is 5.91 Å². The van der Waals surface area contributed by atoms with Crippen molar-refractivity contribution in [2.45, 2.75) is 37.9 Å². The second-order valence-corrected chi connectivity index (χ2v) is 9.76. The third-order valence-corrected chi connectivity index (χ3v) is 6.57. The van der Waals surface area contributed by atoms with Crippen LogP contribution in [-0.2, 0) is 18.3 Å². The van der Waals surface area contributed by atoms with E-state index in [9.17, 15) is 9.59 Å². The molecule has 0 spiro atoms. The summed E-state index contributed by atoms with van der Waals surface area (Å²) in [6.07, 6.45) is 1.47. The van der Waals surface area contributed by atoms with Crippen LogP contribution in [-0.4, -0.2) is 38.9 Å². The summed E-state index contributed by atoms with van der Waals surface area (Å²) in [5, 5.41) is 15.6. The molecule has 1 aromatic heterocycles. The molecule has 0 aliphatic carbocycles. The lowest BCUT2D eigenvalue weighted by Gasteiger charge is -2.20. The van der Waals surface area contributed by atoms with E-state index < -0.39 is 0 Å². The van der Waals surface area contributed by atoms with Crippen LogP contribution < -0.4 is 10.6 Å². The number of nitrogens with one attached hydrogen (secondary N) is 2. The predicted molar refractivity (Wildman–Crippen MR) is 136 cm³/mol. The van der Waals surface area contributed by atoms with Gasteiger partial charge in [-0.25, -0.2) is 0 Å². The lowest BCUT2D eigenvalue weighted by molar-refractivity contribution is -0.118. The van der Waals surface area contributed by atoms with Crippen molar-refractivity contribution in [2.24, 2.45) is 13.0 Å². The van der Waals surface area contributed by atoms with Gasteiger partial charge in [-0.05, 0) is 36.5 Å². The number of carbonyl (C=O) groups excluding carboxylic acids is 2. The van der Waals surface area contributed by atoms with E-state index in [4.69, 9.17) is 11.6 Å². The summed E-state index contributed by atoms with van der Waals surface area (Å²) >= 11 is 7.52. The van der Waals surface area contributed by atoms with Gasteiger partial charge in [0.15, 0.2) is 11.0 Å². The van der Waals surface area contributed by atoms with Crippen LogP contribution in [0.5, 0.6) is 0 Å². The number of hydrogen-bond acceptors (Lipinski definition) is 5. The maximum Gasteiger partial charge on any atom is 0.253 e. The number of halogens is 1. The van der Waals surface area contributed by atoms with Crippen molar-refractivity contribution in [2.75, 3.05) is 12.3 Å². The van der Waals surface area contributed by atoms with Crippen LogP contribution >= 0.6 is 23.4 Å². The molecule has 2 aromatic carbocycles. The van der Waals surface area contributed by atoms with Crippen molar-refractivity contribution in [3.8, 4) is 0 Å². The number of thioether (sulfide) groups is 1. The van der Waals surface area contributed by atoms with E-state index in [1.165, 1.54) is 17.3 Å². The maximum absolute atomic E-state index is 12.9. The molecule has 0 radical (unpaired) electrons. The van der Waals surface area contributed by atoms with E-state index in [2.05, 4.69) is 34.7 Å². The summed E-state index contributed by atoms with van der Waals surface area (Å²) in [6.45, 7) is 4.75. The van der Waals surface area contributed by atoms with Crippen molar-refractivity contribution >= 4 is 35.2 Å². The summed E-state index contributed by atoms with van der Waals surface area (Å²) in [7, 11) is 1.85. The topological polar surface area (TPSA) is 88.9 Å². The first-order valence-corrected chi connectivity index (χ1v) is 12.6. The fourth-order valence-electron chi connectivity index (χ4n) is 3.51. The third kappa shape index (κ3) is 7.33. The van der Waals surface area contributed by atoms with Gasteiger partial charge in [-0.1, -0.05) is 79.7 Å². The highest BCUT2D eigenvalue weighted by molar-refractivity contribution is 7.99. The Bertz CT molecular complexity index is 1100. The lowest BCUT2D eigenvalue weighted by Crippen LogP contribution is -2.31. The molecule has 3 rings (SSSR count). The Balaban J connectivity index is 1.59. The zero-order valence-electron chi connectivity index (χ0n) is 19.6. The SMILES string of the molecule is CC(C)C[C@H](NC(=O)c1ccccc1Cl)c1nnc(SCC(=O)NCCc2ccccc2)n1C. The molecule has 0 saturated heterocycles. The standard InChI is InChI=1S/C25H30ClN5O2S/c1-17(2)15-21(28-24(33)19-11-7-8-12-20(19)26)23-29-30-25(31(23)3)34-16-22(32)27-14-13-18-9-5-4-6-10-18/h4-12,17,21H,13-16H2,1-3H3,(H,27,32)(H,28,33)/t21-/m0/s1. The van der Waals surface area contributed by atoms with Crippen LogP contribution in [0.2, 0.25) is 5.02 Å². The number of carbonyl (C=O) groups is 2. The minimum absolute atomic E-state index is 0.0590. The molecule has 2 N–H and O–H groups in total. The second-order valence-electron chi connectivity index (χ2n) is 8.41. The number of aromatic nitrogens is 3. The molecule has 3 aromatic rings. The zero-order valence-corrected chi connectivity index (χ0v) is 21.2. The molecule has 0 aliphatic heterocycles. The van der Waals surface area contributed by atoms with E-state index in [-0.39, 0.29) is 23.6 Å². The van der Waals surface area contributed by atoms with Crippen molar-refractivity contribution in [3.63, 3.8) is 0 Å². The Morgan fingerprint density at radius 1 is 1.06 bits per heavy atom. The number of rotatable bonds is 11. The van der Waals surface area contributed by atoms with E-state index in [0.29, 0.717) is 40.5 Å². The first-order chi connectivity index (χ1) is 16.3. The fourth-order valence-corrected chi connectivity index (χ4v) is 4.48. The monoisotopic (exact) mass is 499 g/mol. The molecular formula is C25H30ClN5O2S. The molecule has 0 unspecified atom stereocenters. The highest BCUT2D eigenvalue weighted by Gasteiger charge is 2.24. The van der Waals surface area contributed by atoms with E-state index in [0.717, 1.165) is 6.42 Å². The molecule has 7 nitrogen and oxygen atoms in total. The Morgan fingerprint density at radius 3 is 2.47 bits per heavy atom. The van der Waals surface area contributed by atoms with E-state index in [1.807, 2.05) is 41.9 Å². The minimum atomic E-state index is -0.338. The van der Waals surface area contributed by atoms with Crippen molar-refractivity contribution in [3.05, 3.63) is 76.6 Å². The van der Waals surface area contributed by atoms with Crippen LogP contribution in [0.15, 0.2) is 59.8 Å². The third-order valence-electron chi connectivity index (χ3n) is 5.22. The largest absolute Gasteiger partial charge is 0.355 e. The smallest absolute Gasteiger partial charge is 0.253 e. The van der Waals surface area contributed by atoms with Crippen LogP contribution in [0.25, 0.3) is 0 Å². The van der Waals surface area contributed by atoms with Gasteiger partial charge in [0.1, 0.15) is 0 Å². The Hall–Kier alpha value is -2.84. The maximum atomic E-state index is 12.9. The van der Waals surface area contributed by atoms with Gasteiger partial charge in [0.2, 0.25) is 5.91 Å². The number of benzene rings is 2. The molecule has 1 atom stereocenters. The first-order valence-electron chi connectivity index (χ1n) is 11.2. The van der Waals surface area contributed by atoms with Gasteiger partial charge in [-0.3, -0.25) is 9.59 Å². The normalized spacial score (nSPS) is 11.9. The highest BCUT2D eigenvalue weighted by Crippen LogP contribution is 2.25. The lowest BCUT2D eigenvalue weighted by atomic mass is 10.0. The van der Waals surface area contributed by atoms with E-state index in [1.54, 1.807) is 24.3 Å². The molecule has 34 heavy (non-hydrogen) atoms. The van der Waals surface area contributed by atoms with Crippen molar-refractivity contribution in [1.29, 1.82) is 0 Å². The van der Waals surface area contributed by atoms with Crippen LogP contribution in [0.4, 0.5) is 0 Å². The Labute approximate surface area is 209 Å². The van der Waals surface area contributed by atoms with Gasteiger partial charge in [-0.15, -0.1) is 10.2 Å². The first kappa shape index (κ1) is 25.8. The molecule has 1 heterocycles. The number of hydrogen-bond donors (Lipinski definition) is 2. The number of nitrogens with zero attached hydrogens (tertiary/aromatic N) is 3. The van der Waals surface area contributed by atoms with Crippen molar-refractivity contribution < 1.29 is 9.59 Å². The Kier molecular flexibility index (Phi) is 9.53. The van der Waals surface area contributed by atoms with Gasteiger partial charge >= 0.3 is 0 Å². The highest BCUT2D eigenvalue weighted by atomic mass is 35.5. The summed E-state index contributed by atoms with van der Waals surface area (Å²) in [5.74, 6) is 0.880. The van der Waals surface area contributed by atoms with Crippen LogP contribution in [0, 0.1) is 5.92 Å². The summed E-state index contributed by atoms with van der Waals surface area (Å²) in [4.78, 5) is 25.1. The zero-order chi connectivity index (χ0) is 24.5. The summed E-state index contributed by atoms with van der Waals surface area (Å²) in [5.41, 5.74) is 1.60. The molecule has 2 amide bonds. The second kappa shape index (κ2) is 12.6. The van der Waals surface area contributed by atoms with Gasteiger partial charge in [0.05, 0.1) is 22.4 Å². The van der Waals surface area contributed by atoms with E-state index >= 15 is 0 Å². The summed E-state index contributed by atoms with van der Waals surface area (Å²) in [6, 6.07) is 16.6. The molecular weight excluding hydrogens is 470 g/mol. The molecule has 0 fully saturated rings. The fraction of sp³-hybridized carbons (Fsp3) is 0.360. The quantitative estimate of drug-likeness (QED) is 0.381. The average molecular weight is 500 g/mol. The molecule has 0 saturated carbocycles. The molecule has 9 heteroatoms.